The van der Waals surface area contributed by atoms with E-state index in [1.807, 2.05) is 18.2 Å². The van der Waals surface area contributed by atoms with E-state index < -0.39 is 11.7 Å². The molecule has 0 saturated carbocycles. The number of para-hydroxylation sites is 1. The Morgan fingerprint density at radius 2 is 1.60 bits per heavy atom. The van der Waals surface area contributed by atoms with Gasteiger partial charge in [0.05, 0.1) is 18.3 Å². The minimum absolute atomic E-state index is 0.0263. The van der Waals surface area contributed by atoms with Crippen molar-refractivity contribution in [2.45, 2.75) is 12.3 Å². The Hall–Kier alpha value is -3.11. The molecule has 2 aliphatic heterocycles. The molecule has 2 aromatic rings. The fraction of sp³-hybridized carbons (Fsp3) is 0.440. The molecule has 0 radical (unpaired) electrons. The molecule has 7 nitrogen and oxygen atoms in total. The predicted octanol–water partition coefficient (Wildman–Crippen LogP) is 2.77. The normalized spacial score (nSPS) is 19.5. The predicted molar refractivity (Wildman–Crippen MR) is 122 cm³/mol. The molecule has 0 spiro atoms. The lowest BCUT2D eigenvalue weighted by molar-refractivity contribution is -0.141. The Balaban J connectivity index is 1.22. The van der Waals surface area contributed by atoms with E-state index in [1.54, 1.807) is 21.9 Å². The maximum absolute atomic E-state index is 12.7. The summed E-state index contributed by atoms with van der Waals surface area (Å²) in [5.41, 5.74) is -0.528. The third-order valence-corrected chi connectivity index (χ3v) is 6.18. The molecular weight excluding hydrogens is 463 g/mol. The maximum Gasteiger partial charge on any atom is 0.416 e. The molecule has 2 heterocycles. The molecule has 0 aromatic heterocycles. The largest absolute Gasteiger partial charge is 0.484 e. The Labute approximate surface area is 202 Å². The van der Waals surface area contributed by atoms with Crippen LogP contribution in [0.1, 0.15) is 15.9 Å². The van der Waals surface area contributed by atoms with Crippen molar-refractivity contribution in [3.8, 4) is 5.75 Å². The third-order valence-electron chi connectivity index (χ3n) is 6.18. The molecule has 0 aliphatic carbocycles. The van der Waals surface area contributed by atoms with E-state index in [0.29, 0.717) is 58.2 Å². The number of carbonyl (C=O) groups is 2. The molecule has 2 fully saturated rings. The fourth-order valence-electron chi connectivity index (χ4n) is 4.22. The van der Waals surface area contributed by atoms with Crippen LogP contribution in [0.25, 0.3) is 0 Å². The van der Waals surface area contributed by atoms with Gasteiger partial charge in [0, 0.05) is 51.4 Å². The molecule has 188 valence electrons. The Bertz CT molecular complexity index is 993. The fourth-order valence-corrected chi connectivity index (χ4v) is 4.22. The van der Waals surface area contributed by atoms with E-state index in [-0.39, 0.29) is 30.1 Å². The molecule has 1 unspecified atom stereocenters. The number of benzene rings is 2. The quantitative estimate of drug-likeness (QED) is 0.622. The van der Waals surface area contributed by atoms with Gasteiger partial charge >= 0.3 is 6.18 Å². The highest BCUT2D eigenvalue weighted by Gasteiger charge is 2.31. The van der Waals surface area contributed by atoms with Crippen molar-refractivity contribution in [1.29, 1.82) is 0 Å². The lowest BCUT2D eigenvalue weighted by atomic mass is 10.1. The van der Waals surface area contributed by atoms with Crippen molar-refractivity contribution in [1.82, 2.24) is 14.7 Å². The number of alkyl halides is 3. The van der Waals surface area contributed by atoms with E-state index in [2.05, 4.69) is 4.90 Å². The van der Waals surface area contributed by atoms with Gasteiger partial charge in [-0.15, -0.1) is 0 Å². The maximum atomic E-state index is 12.7. The van der Waals surface area contributed by atoms with Crippen LogP contribution < -0.4 is 4.74 Å². The number of hydrogen-bond acceptors (Lipinski definition) is 5. The standard InChI is InChI=1S/C25H28F3N3O4/c26-25(27,28)20-8-6-19(7-9-20)24(33)30-12-10-29(11-13-30)16-22-17-31(14-15-34-22)23(32)18-35-21-4-2-1-3-5-21/h1-9,22H,10-18H2. The second-order valence-electron chi connectivity index (χ2n) is 8.60. The van der Waals surface area contributed by atoms with Gasteiger partial charge in [0.25, 0.3) is 11.8 Å². The summed E-state index contributed by atoms with van der Waals surface area (Å²) in [7, 11) is 0. The molecule has 2 amide bonds. The number of rotatable bonds is 6. The first-order chi connectivity index (χ1) is 16.8. The average molecular weight is 492 g/mol. The van der Waals surface area contributed by atoms with Gasteiger partial charge in [-0.1, -0.05) is 18.2 Å². The van der Waals surface area contributed by atoms with Crippen molar-refractivity contribution in [2.75, 3.05) is 59.0 Å². The molecule has 10 heteroatoms. The summed E-state index contributed by atoms with van der Waals surface area (Å²) in [5, 5.41) is 0. The van der Waals surface area contributed by atoms with Gasteiger partial charge < -0.3 is 19.3 Å². The number of ether oxygens (including phenoxy) is 2. The van der Waals surface area contributed by atoms with Crippen LogP contribution in [-0.4, -0.2) is 91.6 Å². The zero-order valence-corrected chi connectivity index (χ0v) is 19.2. The lowest BCUT2D eigenvalue weighted by Crippen LogP contribution is -2.54. The molecular formula is C25H28F3N3O4. The van der Waals surface area contributed by atoms with Crippen LogP contribution in [0.4, 0.5) is 13.2 Å². The monoisotopic (exact) mass is 491 g/mol. The number of morpholine rings is 1. The smallest absolute Gasteiger partial charge is 0.416 e. The Morgan fingerprint density at radius 3 is 2.26 bits per heavy atom. The molecule has 35 heavy (non-hydrogen) atoms. The topological polar surface area (TPSA) is 62.3 Å². The van der Waals surface area contributed by atoms with Crippen LogP contribution >= 0.6 is 0 Å². The highest BCUT2D eigenvalue weighted by Crippen LogP contribution is 2.29. The highest BCUT2D eigenvalue weighted by molar-refractivity contribution is 5.94. The Morgan fingerprint density at radius 1 is 0.914 bits per heavy atom. The van der Waals surface area contributed by atoms with Crippen LogP contribution in [0.5, 0.6) is 5.75 Å². The van der Waals surface area contributed by atoms with Crippen molar-refractivity contribution in [3.63, 3.8) is 0 Å². The molecule has 0 N–H and O–H groups in total. The molecule has 1 atom stereocenters. The number of hydrogen-bond donors (Lipinski definition) is 0. The summed E-state index contributed by atoms with van der Waals surface area (Å²) < 4.78 is 49.7. The SMILES string of the molecule is O=C(COc1ccccc1)N1CCOC(CN2CCN(C(=O)c3ccc(C(F)(F)F)cc3)CC2)C1. The van der Waals surface area contributed by atoms with Crippen molar-refractivity contribution >= 4 is 11.8 Å². The minimum atomic E-state index is -4.43. The van der Waals surface area contributed by atoms with E-state index in [4.69, 9.17) is 9.47 Å². The summed E-state index contributed by atoms with van der Waals surface area (Å²) in [5.74, 6) is 0.283. The van der Waals surface area contributed by atoms with Crippen molar-refractivity contribution in [3.05, 3.63) is 65.7 Å². The van der Waals surface area contributed by atoms with Crippen molar-refractivity contribution < 1.29 is 32.2 Å². The summed E-state index contributed by atoms with van der Waals surface area (Å²) in [4.78, 5) is 30.8. The van der Waals surface area contributed by atoms with Gasteiger partial charge in [-0.2, -0.15) is 13.2 Å². The average Bonchev–Trinajstić information content (AvgIpc) is 2.87. The van der Waals surface area contributed by atoms with Gasteiger partial charge in [0.15, 0.2) is 6.61 Å². The first kappa shape index (κ1) is 25.0. The van der Waals surface area contributed by atoms with E-state index in [9.17, 15) is 22.8 Å². The van der Waals surface area contributed by atoms with E-state index in [1.165, 1.54) is 12.1 Å². The first-order valence-corrected chi connectivity index (χ1v) is 11.6. The van der Waals surface area contributed by atoms with Crippen molar-refractivity contribution in [2.24, 2.45) is 0 Å². The zero-order valence-electron chi connectivity index (χ0n) is 19.2. The number of amides is 2. The first-order valence-electron chi connectivity index (χ1n) is 11.6. The summed E-state index contributed by atoms with van der Waals surface area (Å²) in [6.45, 7) is 4.24. The van der Waals surface area contributed by atoms with Crippen LogP contribution in [0.2, 0.25) is 0 Å². The molecule has 4 rings (SSSR count). The summed E-state index contributed by atoms with van der Waals surface area (Å²) in [6, 6.07) is 13.5. The minimum Gasteiger partial charge on any atom is -0.484 e. The highest BCUT2D eigenvalue weighted by atomic mass is 19.4. The number of nitrogens with zero attached hydrogens (tertiary/aromatic N) is 3. The Kier molecular flexibility index (Phi) is 7.92. The van der Waals surface area contributed by atoms with Crippen LogP contribution in [-0.2, 0) is 15.7 Å². The molecule has 2 aliphatic rings. The summed E-state index contributed by atoms with van der Waals surface area (Å²) in [6.07, 6.45) is -4.56. The van der Waals surface area contributed by atoms with Crippen LogP contribution in [0, 0.1) is 0 Å². The van der Waals surface area contributed by atoms with Crippen LogP contribution in [0.15, 0.2) is 54.6 Å². The molecule has 0 bridgehead atoms. The van der Waals surface area contributed by atoms with Gasteiger partial charge in [0.2, 0.25) is 0 Å². The van der Waals surface area contributed by atoms with Gasteiger partial charge in [-0.05, 0) is 36.4 Å². The number of halogens is 3. The van der Waals surface area contributed by atoms with Crippen LogP contribution in [0.3, 0.4) is 0 Å². The summed E-state index contributed by atoms with van der Waals surface area (Å²) >= 11 is 0. The molecule has 2 saturated heterocycles. The lowest BCUT2D eigenvalue weighted by Gasteiger charge is -2.39. The molecule has 2 aromatic carbocycles. The van der Waals surface area contributed by atoms with Gasteiger partial charge in [-0.3, -0.25) is 14.5 Å². The second kappa shape index (κ2) is 11.1. The zero-order chi connectivity index (χ0) is 24.8. The third kappa shape index (κ3) is 6.73. The van der Waals surface area contributed by atoms with Gasteiger partial charge in [0.1, 0.15) is 5.75 Å². The number of piperazine rings is 1. The number of carbonyl (C=O) groups excluding carboxylic acids is 2. The van der Waals surface area contributed by atoms with E-state index >= 15 is 0 Å². The van der Waals surface area contributed by atoms with E-state index in [0.717, 1.165) is 12.1 Å². The second-order valence-corrected chi connectivity index (χ2v) is 8.60. The van der Waals surface area contributed by atoms with Gasteiger partial charge in [-0.25, -0.2) is 0 Å².